The molecule has 0 spiro atoms. The molecule has 14 heavy (non-hydrogen) atoms. The van der Waals surface area contributed by atoms with E-state index in [1.165, 1.54) is 0 Å². The molecule has 1 heterocycles. The summed E-state index contributed by atoms with van der Waals surface area (Å²) in [6, 6.07) is 1.83. The Morgan fingerprint density at radius 2 is 2.07 bits per heavy atom. The Hall–Kier alpha value is -1.28. The van der Waals surface area contributed by atoms with Gasteiger partial charge in [-0.2, -0.15) is 5.26 Å². The first-order valence-electron chi connectivity index (χ1n) is 4.61. The van der Waals surface area contributed by atoms with Gasteiger partial charge >= 0.3 is 6.03 Å². The van der Waals surface area contributed by atoms with Crippen molar-refractivity contribution in [2.45, 2.75) is 19.4 Å². The molecular formula is C9H15N3O2. The first kappa shape index (κ1) is 10.8. The fourth-order valence-electron chi connectivity index (χ4n) is 1.14. The number of nitriles is 1. The van der Waals surface area contributed by atoms with Crippen LogP contribution in [0.2, 0.25) is 0 Å². The highest BCUT2D eigenvalue weighted by atomic mass is 16.5. The van der Waals surface area contributed by atoms with Gasteiger partial charge in [0.05, 0.1) is 19.3 Å². The van der Waals surface area contributed by atoms with Crippen molar-refractivity contribution in [2.24, 2.45) is 0 Å². The number of morpholine rings is 1. The number of rotatable bonds is 1. The minimum atomic E-state index is -0.810. The third kappa shape index (κ3) is 2.89. The van der Waals surface area contributed by atoms with Gasteiger partial charge in [-0.15, -0.1) is 0 Å². The van der Waals surface area contributed by atoms with Gasteiger partial charge < -0.3 is 15.0 Å². The first-order chi connectivity index (χ1) is 6.55. The summed E-state index contributed by atoms with van der Waals surface area (Å²) < 4.78 is 5.12. The summed E-state index contributed by atoms with van der Waals surface area (Å²) in [5.41, 5.74) is -0.810. The van der Waals surface area contributed by atoms with Crippen LogP contribution in [0.1, 0.15) is 13.8 Å². The van der Waals surface area contributed by atoms with Gasteiger partial charge in [0.15, 0.2) is 0 Å². The minimum absolute atomic E-state index is 0.195. The van der Waals surface area contributed by atoms with Crippen molar-refractivity contribution in [3.05, 3.63) is 0 Å². The smallest absolute Gasteiger partial charge is 0.318 e. The third-order valence-electron chi connectivity index (χ3n) is 2.00. The monoisotopic (exact) mass is 197 g/mol. The second-order valence-corrected chi connectivity index (χ2v) is 3.77. The molecule has 0 radical (unpaired) electrons. The van der Waals surface area contributed by atoms with Crippen LogP contribution < -0.4 is 5.32 Å². The molecule has 5 heteroatoms. The topological polar surface area (TPSA) is 65.4 Å². The lowest BCUT2D eigenvalue weighted by molar-refractivity contribution is 0.0521. The van der Waals surface area contributed by atoms with Crippen molar-refractivity contribution in [2.75, 3.05) is 26.3 Å². The van der Waals surface area contributed by atoms with E-state index in [1.54, 1.807) is 18.7 Å². The molecule has 0 saturated carbocycles. The van der Waals surface area contributed by atoms with E-state index in [0.717, 1.165) is 0 Å². The van der Waals surface area contributed by atoms with Crippen LogP contribution in [0.15, 0.2) is 0 Å². The predicted molar refractivity (Wildman–Crippen MR) is 50.6 cm³/mol. The number of nitrogens with one attached hydrogen (secondary N) is 1. The van der Waals surface area contributed by atoms with Crippen LogP contribution in [0.3, 0.4) is 0 Å². The van der Waals surface area contributed by atoms with Crippen LogP contribution in [0.5, 0.6) is 0 Å². The summed E-state index contributed by atoms with van der Waals surface area (Å²) in [4.78, 5) is 13.2. The molecule has 0 atom stereocenters. The molecule has 1 fully saturated rings. The van der Waals surface area contributed by atoms with E-state index in [2.05, 4.69) is 5.32 Å². The second-order valence-electron chi connectivity index (χ2n) is 3.77. The number of nitrogens with zero attached hydrogens (tertiary/aromatic N) is 2. The SMILES string of the molecule is CC(C)(C#N)NC(=O)N1CCOCC1. The number of urea groups is 1. The van der Waals surface area contributed by atoms with Crippen LogP contribution in [-0.4, -0.2) is 42.8 Å². The maximum absolute atomic E-state index is 11.6. The molecular weight excluding hydrogens is 182 g/mol. The predicted octanol–water partition coefficient (Wildman–Crippen LogP) is 0.330. The number of ether oxygens (including phenoxy) is 1. The van der Waals surface area contributed by atoms with Crippen molar-refractivity contribution < 1.29 is 9.53 Å². The van der Waals surface area contributed by atoms with Gasteiger partial charge in [0.1, 0.15) is 5.54 Å². The van der Waals surface area contributed by atoms with E-state index in [4.69, 9.17) is 10.00 Å². The van der Waals surface area contributed by atoms with Crippen LogP contribution in [0.25, 0.3) is 0 Å². The van der Waals surface area contributed by atoms with Crippen molar-refractivity contribution in [3.8, 4) is 6.07 Å². The van der Waals surface area contributed by atoms with E-state index >= 15 is 0 Å². The van der Waals surface area contributed by atoms with Crippen molar-refractivity contribution in [3.63, 3.8) is 0 Å². The molecule has 0 unspecified atom stereocenters. The number of amides is 2. The zero-order valence-electron chi connectivity index (χ0n) is 8.54. The summed E-state index contributed by atoms with van der Waals surface area (Å²) in [6.45, 7) is 5.66. The van der Waals surface area contributed by atoms with Crippen LogP contribution >= 0.6 is 0 Å². The Balaban J connectivity index is 2.45. The standard InChI is InChI=1S/C9H15N3O2/c1-9(2,7-10)11-8(13)12-3-5-14-6-4-12/h3-6H2,1-2H3,(H,11,13). The first-order valence-corrected chi connectivity index (χ1v) is 4.61. The Bertz CT molecular complexity index is 251. The number of hydrogen-bond acceptors (Lipinski definition) is 3. The van der Waals surface area contributed by atoms with E-state index in [9.17, 15) is 4.79 Å². The zero-order valence-corrected chi connectivity index (χ0v) is 8.54. The Labute approximate surface area is 83.6 Å². The fourth-order valence-corrected chi connectivity index (χ4v) is 1.14. The van der Waals surface area contributed by atoms with Crippen molar-refractivity contribution in [1.29, 1.82) is 5.26 Å². The zero-order chi connectivity index (χ0) is 10.6. The normalized spacial score (nSPS) is 17.4. The Morgan fingerprint density at radius 3 is 2.57 bits per heavy atom. The van der Waals surface area contributed by atoms with Gasteiger partial charge in [0.25, 0.3) is 0 Å². The molecule has 1 aliphatic rings. The molecule has 1 N–H and O–H groups in total. The highest BCUT2D eigenvalue weighted by Crippen LogP contribution is 2.03. The molecule has 2 amide bonds. The molecule has 1 aliphatic heterocycles. The lowest BCUT2D eigenvalue weighted by Gasteiger charge is -2.29. The molecule has 5 nitrogen and oxygen atoms in total. The number of hydrogen-bond donors (Lipinski definition) is 1. The Morgan fingerprint density at radius 1 is 1.50 bits per heavy atom. The van der Waals surface area contributed by atoms with Gasteiger partial charge in [0, 0.05) is 13.1 Å². The largest absolute Gasteiger partial charge is 0.378 e. The molecule has 0 aromatic heterocycles. The van der Waals surface area contributed by atoms with Crippen molar-refractivity contribution >= 4 is 6.03 Å². The second kappa shape index (κ2) is 4.29. The van der Waals surface area contributed by atoms with E-state index in [0.29, 0.717) is 26.3 Å². The van der Waals surface area contributed by atoms with Crippen molar-refractivity contribution in [1.82, 2.24) is 10.2 Å². The molecule has 0 aromatic carbocycles. The molecule has 0 aliphatic carbocycles. The van der Waals surface area contributed by atoms with Gasteiger partial charge in [-0.05, 0) is 13.8 Å². The summed E-state index contributed by atoms with van der Waals surface area (Å²) in [6.07, 6.45) is 0. The molecule has 78 valence electrons. The summed E-state index contributed by atoms with van der Waals surface area (Å²) in [7, 11) is 0. The summed E-state index contributed by atoms with van der Waals surface area (Å²) in [5, 5.41) is 11.4. The highest BCUT2D eigenvalue weighted by molar-refractivity contribution is 5.75. The number of carbonyl (C=O) groups excluding carboxylic acids is 1. The minimum Gasteiger partial charge on any atom is -0.378 e. The average molecular weight is 197 g/mol. The number of carbonyl (C=O) groups is 1. The quantitative estimate of drug-likeness (QED) is 0.658. The molecule has 1 rings (SSSR count). The summed E-state index contributed by atoms with van der Waals surface area (Å²) in [5.74, 6) is 0. The third-order valence-corrected chi connectivity index (χ3v) is 2.00. The van der Waals surface area contributed by atoms with Gasteiger partial charge in [-0.3, -0.25) is 0 Å². The fraction of sp³-hybridized carbons (Fsp3) is 0.778. The lowest BCUT2D eigenvalue weighted by Crippen LogP contribution is -2.52. The van der Waals surface area contributed by atoms with Crippen LogP contribution in [0.4, 0.5) is 4.79 Å². The lowest BCUT2D eigenvalue weighted by atomic mass is 10.1. The van der Waals surface area contributed by atoms with Gasteiger partial charge in [-0.25, -0.2) is 4.79 Å². The van der Waals surface area contributed by atoms with Gasteiger partial charge in [0.2, 0.25) is 0 Å². The summed E-state index contributed by atoms with van der Waals surface area (Å²) >= 11 is 0. The molecule has 0 aromatic rings. The molecule has 0 bridgehead atoms. The van der Waals surface area contributed by atoms with E-state index in [-0.39, 0.29) is 6.03 Å². The van der Waals surface area contributed by atoms with Gasteiger partial charge in [-0.1, -0.05) is 0 Å². The average Bonchev–Trinajstić information content (AvgIpc) is 2.19. The maximum Gasteiger partial charge on any atom is 0.318 e. The van der Waals surface area contributed by atoms with Crippen LogP contribution in [-0.2, 0) is 4.74 Å². The van der Waals surface area contributed by atoms with E-state index < -0.39 is 5.54 Å². The van der Waals surface area contributed by atoms with E-state index in [1.807, 2.05) is 6.07 Å². The van der Waals surface area contributed by atoms with Crippen LogP contribution in [0, 0.1) is 11.3 Å². The highest BCUT2D eigenvalue weighted by Gasteiger charge is 2.24. The maximum atomic E-state index is 11.6. The Kier molecular flexibility index (Phi) is 3.31. The molecule has 1 saturated heterocycles.